The first-order valence-electron chi connectivity index (χ1n) is 8.54. The lowest BCUT2D eigenvalue weighted by molar-refractivity contribution is 0.0389. The van der Waals surface area contributed by atoms with Crippen molar-refractivity contribution in [2.75, 3.05) is 45.9 Å². The van der Waals surface area contributed by atoms with Crippen LogP contribution in [0.25, 0.3) is 0 Å². The summed E-state index contributed by atoms with van der Waals surface area (Å²) in [6.45, 7) is 5.41. The van der Waals surface area contributed by atoms with E-state index in [9.17, 15) is 13.6 Å². The lowest BCUT2D eigenvalue weighted by atomic mass is 10.0. The molecule has 0 aliphatic carbocycles. The van der Waals surface area contributed by atoms with E-state index in [0.29, 0.717) is 25.1 Å². The van der Waals surface area contributed by atoms with Gasteiger partial charge in [-0.15, -0.1) is 0 Å². The number of aromatic nitrogens is 1. The predicted octanol–water partition coefficient (Wildman–Crippen LogP) is 1.93. The van der Waals surface area contributed by atoms with Crippen LogP contribution in [0.1, 0.15) is 29.8 Å². The smallest absolute Gasteiger partial charge is 0.275 e. The van der Waals surface area contributed by atoms with Crippen molar-refractivity contribution in [3.8, 4) is 0 Å². The third kappa shape index (κ3) is 4.27. The van der Waals surface area contributed by atoms with Gasteiger partial charge in [-0.1, -0.05) is 0 Å². The van der Waals surface area contributed by atoms with Gasteiger partial charge in [0.15, 0.2) is 11.5 Å². The molecule has 1 amide bonds. The molecule has 0 bridgehead atoms. The van der Waals surface area contributed by atoms with Gasteiger partial charge in [-0.3, -0.25) is 4.79 Å². The maximum atomic E-state index is 13.8. The highest BCUT2D eigenvalue weighted by atomic mass is 19.1. The van der Waals surface area contributed by atoms with Crippen molar-refractivity contribution >= 4 is 5.91 Å². The highest BCUT2D eigenvalue weighted by Gasteiger charge is 2.25. The normalized spacial score (nSPS) is 23.1. The molecule has 0 spiro atoms. The van der Waals surface area contributed by atoms with Gasteiger partial charge >= 0.3 is 0 Å². The number of nitrogens with zero attached hydrogens (tertiary/aromatic N) is 3. The number of carbonyl (C=O) groups excluding carboxylic acids is 1. The number of pyridine rings is 1. The minimum atomic E-state index is -0.902. The summed E-state index contributed by atoms with van der Waals surface area (Å²) in [6.07, 6.45) is 4.01. The van der Waals surface area contributed by atoms with Crippen LogP contribution in [-0.4, -0.2) is 66.6 Å². The molecule has 1 aromatic heterocycles. The van der Waals surface area contributed by atoms with E-state index in [2.05, 4.69) is 9.88 Å². The van der Waals surface area contributed by atoms with E-state index >= 15 is 0 Å². The minimum absolute atomic E-state index is 0.300. The van der Waals surface area contributed by atoms with Gasteiger partial charge in [-0.25, -0.2) is 13.8 Å². The van der Waals surface area contributed by atoms with E-state index in [1.165, 1.54) is 6.42 Å². The molecular formula is C17H23F2N3O2. The van der Waals surface area contributed by atoms with Crippen molar-refractivity contribution in [2.45, 2.75) is 19.3 Å². The largest absolute Gasteiger partial charge is 0.381 e. The number of carbonyl (C=O) groups is 1. The van der Waals surface area contributed by atoms with Crippen LogP contribution in [0.3, 0.4) is 0 Å². The molecule has 0 radical (unpaired) electrons. The van der Waals surface area contributed by atoms with E-state index in [-0.39, 0.29) is 5.69 Å². The zero-order valence-corrected chi connectivity index (χ0v) is 13.7. The van der Waals surface area contributed by atoms with Crippen molar-refractivity contribution < 1.29 is 18.3 Å². The maximum absolute atomic E-state index is 13.8. The molecule has 2 fully saturated rings. The van der Waals surface area contributed by atoms with Crippen LogP contribution in [0.5, 0.6) is 0 Å². The molecule has 1 unspecified atom stereocenters. The Morgan fingerprint density at radius 3 is 2.88 bits per heavy atom. The molecule has 1 atom stereocenters. The number of hydrogen-bond donors (Lipinski definition) is 0. The van der Waals surface area contributed by atoms with Crippen LogP contribution < -0.4 is 0 Å². The molecule has 0 aromatic carbocycles. The molecule has 1 aromatic rings. The minimum Gasteiger partial charge on any atom is -0.381 e. The second kappa shape index (κ2) is 7.98. The Kier molecular flexibility index (Phi) is 5.73. The number of amides is 1. The third-order valence-corrected chi connectivity index (χ3v) is 4.66. The summed E-state index contributed by atoms with van der Waals surface area (Å²) < 4.78 is 32.2. The molecule has 0 N–H and O–H groups in total. The average Bonchev–Trinajstić information content (AvgIpc) is 2.81. The number of hydrogen-bond acceptors (Lipinski definition) is 4. The lowest BCUT2D eigenvalue weighted by Gasteiger charge is -2.28. The van der Waals surface area contributed by atoms with Gasteiger partial charge in [-0.05, 0) is 31.7 Å². The first-order chi connectivity index (χ1) is 11.6. The van der Waals surface area contributed by atoms with Gasteiger partial charge in [-0.2, -0.15) is 0 Å². The van der Waals surface area contributed by atoms with Gasteiger partial charge < -0.3 is 14.5 Å². The van der Waals surface area contributed by atoms with Crippen LogP contribution in [0.2, 0.25) is 0 Å². The molecule has 0 saturated carbocycles. The zero-order valence-electron chi connectivity index (χ0n) is 13.7. The van der Waals surface area contributed by atoms with E-state index in [0.717, 1.165) is 51.9 Å². The summed E-state index contributed by atoms with van der Waals surface area (Å²) in [5, 5.41) is 0. The van der Waals surface area contributed by atoms with Gasteiger partial charge in [0.25, 0.3) is 5.91 Å². The molecule has 24 heavy (non-hydrogen) atoms. The van der Waals surface area contributed by atoms with E-state index < -0.39 is 17.5 Å². The summed E-state index contributed by atoms with van der Waals surface area (Å²) >= 11 is 0. The summed E-state index contributed by atoms with van der Waals surface area (Å²) in [5.74, 6) is -1.59. The van der Waals surface area contributed by atoms with E-state index in [4.69, 9.17) is 4.74 Å². The van der Waals surface area contributed by atoms with Crippen LogP contribution in [0.4, 0.5) is 8.78 Å². The van der Waals surface area contributed by atoms with Crippen molar-refractivity contribution in [1.29, 1.82) is 0 Å². The second-order valence-electron chi connectivity index (χ2n) is 6.51. The molecule has 5 nitrogen and oxygen atoms in total. The molecule has 3 rings (SSSR count). The van der Waals surface area contributed by atoms with Crippen LogP contribution in [-0.2, 0) is 4.74 Å². The van der Waals surface area contributed by atoms with Gasteiger partial charge in [0, 0.05) is 38.9 Å². The number of ether oxygens (including phenoxy) is 1. The quantitative estimate of drug-likeness (QED) is 0.844. The van der Waals surface area contributed by atoms with Crippen molar-refractivity contribution in [1.82, 2.24) is 14.8 Å². The molecule has 2 aliphatic rings. The number of halogens is 2. The Bertz CT molecular complexity index is 579. The SMILES string of the molecule is O=C(c1ncc(F)cc1F)N1CCCN(CC2CCCOC2)CC1. The molecular weight excluding hydrogens is 316 g/mol. The van der Waals surface area contributed by atoms with Gasteiger partial charge in [0.1, 0.15) is 5.82 Å². The van der Waals surface area contributed by atoms with Crippen LogP contribution >= 0.6 is 0 Å². The monoisotopic (exact) mass is 339 g/mol. The fourth-order valence-electron chi connectivity index (χ4n) is 3.39. The summed E-state index contributed by atoms with van der Waals surface area (Å²) in [5.41, 5.74) is -0.300. The first kappa shape index (κ1) is 17.2. The topological polar surface area (TPSA) is 45.7 Å². The lowest BCUT2D eigenvalue weighted by Crippen LogP contribution is -2.38. The Hall–Kier alpha value is -1.60. The molecule has 2 saturated heterocycles. The van der Waals surface area contributed by atoms with Gasteiger partial charge in [0.05, 0.1) is 12.8 Å². The third-order valence-electron chi connectivity index (χ3n) is 4.66. The maximum Gasteiger partial charge on any atom is 0.275 e. The van der Waals surface area contributed by atoms with Crippen molar-refractivity contribution in [3.05, 3.63) is 29.6 Å². The highest BCUT2D eigenvalue weighted by Crippen LogP contribution is 2.17. The van der Waals surface area contributed by atoms with Crippen molar-refractivity contribution in [3.63, 3.8) is 0 Å². The Morgan fingerprint density at radius 1 is 1.25 bits per heavy atom. The van der Waals surface area contributed by atoms with Crippen molar-refractivity contribution in [2.24, 2.45) is 5.92 Å². The number of rotatable bonds is 3. The fourth-order valence-corrected chi connectivity index (χ4v) is 3.39. The zero-order chi connectivity index (χ0) is 16.9. The predicted molar refractivity (Wildman–Crippen MR) is 84.7 cm³/mol. The standard InChI is InChI=1S/C17H23F2N3O2/c18-14-9-15(19)16(20-10-14)17(23)22-5-2-4-21(6-7-22)11-13-3-1-8-24-12-13/h9-10,13H,1-8,11-12H2. The fraction of sp³-hybridized carbons (Fsp3) is 0.647. The Morgan fingerprint density at radius 2 is 2.12 bits per heavy atom. The first-order valence-corrected chi connectivity index (χ1v) is 8.54. The summed E-state index contributed by atoms with van der Waals surface area (Å²) in [4.78, 5) is 20.0. The van der Waals surface area contributed by atoms with E-state index in [1.54, 1.807) is 4.90 Å². The molecule has 2 aliphatic heterocycles. The molecule has 7 heteroatoms. The summed E-state index contributed by atoms with van der Waals surface area (Å²) in [7, 11) is 0. The summed E-state index contributed by atoms with van der Waals surface area (Å²) in [6, 6.07) is 0.702. The Balaban J connectivity index is 1.57. The molecule has 3 heterocycles. The van der Waals surface area contributed by atoms with Crippen LogP contribution in [0.15, 0.2) is 12.3 Å². The Labute approximate surface area is 140 Å². The van der Waals surface area contributed by atoms with Gasteiger partial charge in [0.2, 0.25) is 0 Å². The molecule has 132 valence electrons. The highest BCUT2D eigenvalue weighted by molar-refractivity contribution is 5.92. The van der Waals surface area contributed by atoms with E-state index in [1.807, 2.05) is 0 Å². The average molecular weight is 339 g/mol. The second-order valence-corrected chi connectivity index (χ2v) is 6.51. The van der Waals surface area contributed by atoms with Crippen LogP contribution in [0, 0.1) is 17.6 Å².